The Labute approximate surface area is 75.6 Å². The Morgan fingerprint density at radius 1 is 1.54 bits per heavy atom. The highest BCUT2D eigenvalue weighted by Crippen LogP contribution is 2.14. The molecule has 0 aliphatic carbocycles. The third-order valence-corrected chi connectivity index (χ3v) is 1.78. The number of nitriles is 1. The molecule has 0 bridgehead atoms. The highest BCUT2D eigenvalue weighted by atomic mass is 19.1. The van der Waals surface area contributed by atoms with Gasteiger partial charge in [-0.2, -0.15) is 5.26 Å². The summed E-state index contributed by atoms with van der Waals surface area (Å²) in [7, 11) is 0. The highest BCUT2D eigenvalue weighted by Gasteiger charge is 2.09. The molecule has 0 unspecified atom stereocenters. The summed E-state index contributed by atoms with van der Waals surface area (Å²) in [5.41, 5.74) is 0.616. The minimum atomic E-state index is -0.549. The lowest BCUT2D eigenvalue weighted by molar-refractivity contribution is 0.101. The number of carbonyl (C=O) groups excluding carboxylic acids is 1. The van der Waals surface area contributed by atoms with Crippen LogP contribution in [0.1, 0.15) is 28.4 Å². The topological polar surface area (TPSA) is 40.9 Å². The van der Waals surface area contributed by atoms with Crippen LogP contribution in [0.3, 0.4) is 0 Å². The molecule has 0 N–H and O–H groups in total. The second-order valence-electron chi connectivity index (χ2n) is 2.82. The van der Waals surface area contributed by atoms with E-state index in [9.17, 15) is 9.18 Å². The van der Waals surface area contributed by atoms with Gasteiger partial charge in [0.15, 0.2) is 5.78 Å². The van der Waals surface area contributed by atoms with E-state index in [1.54, 1.807) is 6.07 Å². The SMILES string of the molecule is CC(=O)c1cc(C)c(F)c(C#N)c1. The van der Waals surface area contributed by atoms with Crippen molar-refractivity contribution in [2.75, 3.05) is 0 Å². The third kappa shape index (κ3) is 1.73. The average molecular weight is 177 g/mol. The first-order valence-electron chi connectivity index (χ1n) is 3.77. The zero-order chi connectivity index (χ0) is 10.0. The summed E-state index contributed by atoms with van der Waals surface area (Å²) >= 11 is 0. The number of ketones is 1. The molecule has 2 nitrogen and oxygen atoms in total. The van der Waals surface area contributed by atoms with Gasteiger partial charge in [-0.05, 0) is 31.5 Å². The Morgan fingerprint density at radius 2 is 2.15 bits per heavy atom. The van der Waals surface area contributed by atoms with E-state index < -0.39 is 5.82 Å². The summed E-state index contributed by atoms with van der Waals surface area (Å²) in [6.07, 6.45) is 0. The largest absolute Gasteiger partial charge is 0.295 e. The molecular weight excluding hydrogens is 169 g/mol. The number of aryl methyl sites for hydroxylation is 1. The van der Waals surface area contributed by atoms with Gasteiger partial charge in [0.2, 0.25) is 0 Å². The normalized spacial score (nSPS) is 9.38. The van der Waals surface area contributed by atoms with Crippen molar-refractivity contribution in [1.29, 1.82) is 5.26 Å². The van der Waals surface area contributed by atoms with Crippen molar-refractivity contribution in [3.05, 3.63) is 34.6 Å². The summed E-state index contributed by atoms with van der Waals surface area (Å²) in [6.45, 7) is 2.91. The van der Waals surface area contributed by atoms with E-state index in [4.69, 9.17) is 5.26 Å². The van der Waals surface area contributed by atoms with E-state index >= 15 is 0 Å². The first kappa shape index (κ1) is 9.40. The fraction of sp³-hybridized carbons (Fsp3) is 0.200. The molecule has 0 radical (unpaired) electrons. The van der Waals surface area contributed by atoms with Crippen LogP contribution in [-0.2, 0) is 0 Å². The number of halogens is 1. The number of nitrogens with zero attached hydrogens (tertiary/aromatic N) is 1. The number of benzene rings is 1. The summed E-state index contributed by atoms with van der Waals surface area (Å²) in [4.78, 5) is 10.9. The minimum Gasteiger partial charge on any atom is -0.295 e. The molecule has 1 aromatic rings. The van der Waals surface area contributed by atoms with Crippen LogP contribution in [0.5, 0.6) is 0 Å². The number of hydrogen-bond acceptors (Lipinski definition) is 2. The minimum absolute atomic E-state index is 0.0785. The van der Waals surface area contributed by atoms with Gasteiger partial charge in [0.25, 0.3) is 0 Å². The first-order valence-corrected chi connectivity index (χ1v) is 3.77. The quantitative estimate of drug-likeness (QED) is 0.617. The molecule has 0 saturated heterocycles. The van der Waals surface area contributed by atoms with Crippen molar-refractivity contribution in [2.24, 2.45) is 0 Å². The van der Waals surface area contributed by atoms with Gasteiger partial charge in [0.05, 0.1) is 5.56 Å². The van der Waals surface area contributed by atoms with Gasteiger partial charge in [-0.3, -0.25) is 4.79 Å². The number of hydrogen-bond donors (Lipinski definition) is 0. The van der Waals surface area contributed by atoms with Gasteiger partial charge in [0, 0.05) is 5.56 Å². The summed E-state index contributed by atoms with van der Waals surface area (Å²) in [6, 6.07) is 4.42. The molecule has 3 heteroatoms. The van der Waals surface area contributed by atoms with E-state index in [0.717, 1.165) is 0 Å². The molecule has 0 aliphatic heterocycles. The zero-order valence-electron chi connectivity index (χ0n) is 7.39. The van der Waals surface area contributed by atoms with Crippen LogP contribution in [0, 0.1) is 24.1 Å². The standard InChI is InChI=1S/C10H8FNO/c1-6-3-8(7(2)13)4-9(5-12)10(6)11/h3-4H,1-2H3. The molecule has 0 aromatic heterocycles. The van der Waals surface area contributed by atoms with Crippen molar-refractivity contribution in [3.8, 4) is 6.07 Å². The van der Waals surface area contributed by atoms with E-state index in [0.29, 0.717) is 11.1 Å². The van der Waals surface area contributed by atoms with Gasteiger partial charge in [0.1, 0.15) is 11.9 Å². The smallest absolute Gasteiger partial charge is 0.159 e. The van der Waals surface area contributed by atoms with Crippen molar-refractivity contribution < 1.29 is 9.18 Å². The molecule has 0 spiro atoms. The lowest BCUT2D eigenvalue weighted by Gasteiger charge is -2.01. The van der Waals surface area contributed by atoms with Crippen LogP contribution in [0.15, 0.2) is 12.1 Å². The lowest BCUT2D eigenvalue weighted by Crippen LogP contribution is -1.97. The van der Waals surface area contributed by atoms with Crippen LogP contribution in [0.25, 0.3) is 0 Å². The molecule has 66 valence electrons. The summed E-state index contributed by atoms with van der Waals surface area (Å²) in [5.74, 6) is -0.716. The summed E-state index contributed by atoms with van der Waals surface area (Å²) in [5, 5.41) is 8.55. The van der Waals surface area contributed by atoms with Crippen molar-refractivity contribution in [1.82, 2.24) is 0 Å². The molecule has 0 heterocycles. The summed E-state index contributed by atoms with van der Waals surface area (Å²) < 4.78 is 13.1. The molecule has 13 heavy (non-hydrogen) atoms. The van der Waals surface area contributed by atoms with Crippen LogP contribution in [0.2, 0.25) is 0 Å². The maximum atomic E-state index is 13.1. The van der Waals surface area contributed by atoms with Crippen LogP contribution in [0.4, 0.5) is 4.39 Å². The van der Waals surface area contributed by atoms with Crippen molar-refractivity contribution in [2.45, 2.75) is 13.8 Å². The Morgan fingerprint density at radius 3 is 2.62 bits per heavy atom. The fourth-order valence-electron chi connectivity index (χ4n) is 1.05. The van der Waals surface area contributed by atoms with Crippen molar-refractivity contribution >= 4 is 5.78 Å². The Balaban J connectivity index is 3.41. The average Bonchev–Trinajstić information content (AvgIpc) is 2.09. The molecule has 0 aliphatic rings. The molecule has 0 amide bonds. The van der Waals surface area contributed by atoms with E-state index in [1.807, 2.05) is 0 Å². The molecule has 1 aromatic carbocycles. The van der Waals surface area contributed by atoms with E-state index in [2.05, 4.69) is 0 Å². The predicted octanol–water partition coefficient (Wildman–Crippen LogP) is 2.21. The Hall–Kier alpha value is -1.69. The van der Waals surface area contributed by atoms with E-state index in [1.165, 1.54) is 26.0 Å². The van der Waals surface area contributed by atoms with Gasteiger partial charge in [-0.1, -0.05) is 0 Å². The number of Topliss-reactive ketones (excluding diaryl/α,β-unsaturated/α-hetero) is 1. The Kier molecular flexibility index (Phi) is 2.43. The van der Waals surface area contributed by atoms with Crippen molar-refractivity contribution in [3.63, 3.8) is 0 Å². The second kappa shape index (κ2) is 3.36. The molecule has 1 rings (SSSR count). The third-order valence-electron chi connectivity index (χ3n) is 1.78. The van der Waals surface area contributed by atoms with E-state index in [-0.39, 0.29) is 11.3 Å². The maximum Gasteiger partial charge on any atom is 0.159 e. The molecule has 0 saturated carbocycles. The molecule has 0 atom stereocenters. The maximum absolute atomic E-state index is 13.1. The second-order valence-corrected chi connectivity index (χ2v) is 2.82. The van der Waals surface area contributed by atoms with Gasteiger partial charge in [-0.25, -0.2) is 4.39 Å². The fourth-order valence-corrected chi connectivity index (χ4v) is 1.05. The lowest BCUT2D eigenvalue weighted by atomic mass is 10.0. The highest BCUT2D eigenvalue weighted by molar-refractivity contribution is 5.94. The molecule has 0 fully saturated rings. The van der Waals surface area contributed by atoms with Crippen LogP contribution >= 0.6 is 0 Å². The number of rotatable bonds is 1. The Bertz CT molecular complexity index is 404. The first-order chi connectivity index (χ1) is 6.06. The van der Waals surface area contributed by atoms with Gasteiger partial charge >= 0.3 is 0 Å². The van der Waals surface area contributed by atoms with Crippen LogP contribution in [-0.4, -0.2) is 5.78 Å². The van der Waals surface area contributed by atoms with Gasteiger partial charge < -0.3 is 0 Å². The molecular formula is C10H8FNO. The monoisotopic (exact) mass is 177 g/mol. The van der Waals surface area contributed by atoms with Crippen LogP contribution < -0.4 is 0 Å². The number of carbonyl (C=O) groups is 1. The predicted molar refractivity (Wildman–Crippen MR) is 45.9 cm³/mol. The van der Waals surface area contributed by atoms with Gasteiger partial charge in [-0.15, -0.1) is 0 Å². The zero-order valence-corrected chi connectivity index (χ0v) is 7.39.